The zero-order valence-electron chi connectivity index (χ0n) is 13.1. The Morgan fingerprint density at radius 1 is 1.21 bits per heavy atom. The van der Waals surface area contributed by atoms with Gasteiger partial charge in [0.2, 0.25) is 0 Å². The van der Waals surface area contributed by atoms with E-state index >= 15 is 0 Å². The Morgan fingerprint density at radius 2 is 1.88 bits per heavy atom. The minimum absolute atomic E-state index is 0. The molecule has 24 heavy (non-hydrogen) atoms. The van der Waals surface area contributed by atoms with Gasteiger partial charge < -0.3 is 14.4 Å². The number of aliphatic hydroxyl groups excluding tert-OH is 1. The molecule has 0 spiro atoms. The maximum atomic E-state index is 9.41. The Kier molecular flexibility index (Phi) is 6.87. The van der Waals surface area contributed by atoms with Crippen molar-refractivity contribution in [3.63, 3.8) is 0 Å². The molecule has 0 amide bonds. The first-order valence-electron chi connectivity index (χ1n) is 7.01. The van der Waals surface area contributed by atoms with Gasteiger partial charge in [-0.15, -0.1) is 0 Å². The molecule has 0 saturated heterocycles. The van der Waals surface area contributed by atoms with Crippen LogP contribution in [0.5, 0.6) is 5.75 Å². The second-order valence-corrected chi connectivity index (χ2v) is 5.55. The fourth-order valence-electron chi connectivity index (χ4n) is 2.55. The normalized spacial score (nSPS) is 10.2. The van der Waals surface area contributed by atoms with Gasteiger partial charge in [-0.05, 0) is 30.7 Å². The number of hydrogen-bond donors (Lipinski definition) is 1. The van der Waals surface area contributed by atoms with Gasteiger partial charge in [0, 0.05) is 37.8 Å². The number of halogens is 1. The minimum Gasteiger partial charge on any atom is -0.497 e. The van der Waals surface area contributed by atoms with Crippen molar-refractivity contribution in [2.24, 2.45) is 0 Å². The molecular weight excluding hydrogens is 322 g/mol. The van der Waals surface area contributed by atoms with Gasteiger partial charge in [0.15, 0.2) is 0 Å². The number of rotatable bonds is 4. The van der Waals surface area contributed by atoms with Crippen LogP contribution in [0.2, 0.25) is 5.02 Å². The highest BCUT2D eigenvalue weighted by atomic mass is 35.5. The quantitative estimate of drug-likeness (QED) is 0.733. The lowest BCUT2D eigenvalue weighted by atomic mass is 10.2. The molecule has 0 saturated carbocycles. The number of hydrogen-bond acceptors (Lipinski definition) is 3. The van der Waals surface area contributed by atoms with E-state index < -0.39 is 0 Å². The van der Waals surface area contributed by atoms with Crippen LogP contribution in [0.1, 0.15) is 24.2 Å². The zero-order valence-corrected chi connectivity index (χ0v) is 13.8. The second kappa shape index (κ2) is 8.22. The molecule has 3 radical (unpaired) electrons. The Labute approximate surface area is 149 Å². The van der Waals surface area contributed by atoms with Crippen molar-refractivity contribution in [1.29, 1.82) is 0 Å². The monoisotopic (exact) mass is 343 g/mol. The number of methoxy groups -OCH3 is 1. The van der Waals surface area contributed by atoms with Crippen LogP contribution in [0, 0.1) is 6.92 Å². The summed E-state index contributed by atoms with van der Waals surface area (Å²) in [5, 5.41) is 10.9. The highest BCUT2D eigenvalue weighted by Crippen LogP contribution is 2.29. The van der Waals surface area contributed by atoms with Gasteiger partial charge in [-0.3, -0.25) is 0 Å². The first-order chi connectivity index (χ1) is 10.6. The Balaban J connectivity index is 0.00000144. The molecule has 2 heterocycles. The fraction of sp³-hybridized carbons (Fsp3) is 0.278. The van der Waals surface area contributed by atoms with Crippen LogP contribution in [0.4, 0.5) is 0 Å². The summed E-state index contributed by atoms with van der Waals surface area (Å²) in [5.74, 6) is 0.839. The molecule has 0 aliphatic heterocycles. The van der Waals surface area contributed by atoms with Gasteiger partial charge in [-0.2, -0.15) is 0 Å². The zero-order chi connectivity index (χ0) is 15.7. The summed E-state index contributed by atoms with van der Waals surface area (Å²) in [7, 11) is 1.65. The fourth-order valence-corrected chi connectivity index (χ4v) is 2.89. The lowest BCUT2D eigenvalue weighted by Gasteiger charge is -2.09. The van der Waals surface area contributed by atoms with Crippen molar-refractivity contribution >= 4 is 31.0 Å². The van der Waals surface area contributed by atoms with Crippen LogP contribution in [0.25, 0.3) is 11.0 Å². The van der Waals surface area contributed by atoms with Gasteiger partial charge in [0.1, 0.15) is 11.4 Å². The van der Waals surface area contributed by atoms with Crippen molar-refractivity contribution in [3.05, 3.63) is 58.4 Å². The van der Waals surface area contributed by atoms with E-state index in [2.05, 4.69) is 9.55 Å². The lowest BCUT2D eigenvalue weighted by Crippen LogP contribution is -2.02. The molecule has 1 aromatic carbocycles. The van der Waals surface area contributed by atoms with E-state index in [4.69, 9.17) is 16.3 Å². The molecule has 3 rings (SSSR count). The Hall–Kier alpha value is -1.98. The number of aromatic nitrogens is 2. The first-order valence-corrected chi connectivity index (χ1v) is 7.39. The predicted octanol–water partition coefficient (Wildman–Crippen LogP) is 3.80. The maximum Gasteiger partial charge on any atom is 0.141 e. The highest BCUT2D eigenvalue weighted by molar-refractivity contribution is 6.36. The number of fused-ring (bicyclic) bond motifs is 1. The Bertz CT molecular complexity index is 816. The molecule has 0 aliphatic rings. The largest absolute Gasteiger partial charge is 0.497 e. The Morgan fingerprint density at radius 3 is 2.46 bits per heavy atom. The van der Waals surface area contributed by atoms with Crippen molar-refractivity contribution in [1.82, 2.24) is 9.55 Å². The highest BCUT2D eigenvalue weighted by Gasteiger charge is 2.13. The summed E-state index contributed by atoms with van der Waals surface area (Å²) in [6, 6.07) is 9.88. The van der Waals surface area contributed by atoms with Crippen LogP contribution in [0.3, 0.4) is 0 Å². The maximum absolute atomic E-state index is 9.41. The number of aryl methyl sites for hydroxylation is 1. The average Bonchev–Trinajstić information content (AvgIpc) is 2.91. The third kappa shape index (κ3) is 3.58. The van der Waals surface area contributed by atoms with Gasteiger partial charge in [0.05, 0.1) is 18.7 Å². The molecule has 0 unspecified atom stereocenters. The van der Waals surface area contributed by atoms with Gasteiger partial charge in [0.25, 0.3) is 0 Å². The summed E-state index contributed by atoms with van der Waals surface area (Å²) in [5.41, 5.74) is 3.43. The molecule has 0 fully saturated rings. The van der Waals surface area contributed by atoms with Gasteiger partial charge >= 0.3 is 0 Å². The molecule has 6 heteroatoms. The number of ether oxygens (including phenoxy) is 1. The van der Waals surface area contributed by atoms with Crippen LogP contribution < -0.4 is 4.74 Å². The van der Waals surface area contributed by atoms with Crippen LogP contribution >= 0.6 is 11.6 Å². The number of nitrogens with zero attached hydrogens (tertiary/aromatic N) is 2. The standard InChI is InChI=1S/C17H17ClN2O2.CH4.B/c1-11-15(10-21)16(18)14-7-8-20(17(14)19-11)9-12-3-5-13(22-2)6-4-12;;/h3-8,21H,9-10H2,1-2H3;1H4;. The molecule has 125 valence electrons. The number of aliphatic hydroxyl groups is 1. The summed E-state index contributed by atoms with van der Waals surface area (Å²) in [6.07, 6.45) is 1.97. The number of pyridine rings is 1. The van der Waals surface area contributed by atoms with Crippen molar-refractivity contribution < 1.29 is 9.84 Å². The van der Waals surface area contributed by atoms with Crippen molar-refractivity contribution in [2.45, 2.75) is 27.5 Å². The third-order valence-corrected chi connectivity index (χ3v) is 4.25. The summed E-state index contributed by atoms with van der Waals surface area (Å²) < 4.78 is 7.22. The summed E-state index contributed by atoms with van der Waals surface area (Å²) >= 11 is 6.37. The van der Waals surface area contributed by atoms with E-state index in [1.54, 1.807) is 7.11 Å². The smallest absolute Gasteiger partial charge is 0.141 e. The summed E-state index contributed by atoms with van der Waals surface area (Å²) in [6.45, 7) is 2.47. The molecule has 2 aromatic heterocycles. The molecule has 0 atom stereocenters. The number of benzene rings is 1. The van der Waals surface area contributed by atoms with E-state index in [1.165, 1.54) is 0 Å². The van der Waals surface area contributed by atoms with E-state index in [9.17, 15) is 5.11 Å². The predicted molar refractivity (Wildman–Crippen MR) is 100.0 cm³/mol. The average molecular weight is 344 g/mol. The molecule has 3 aromatic rings. The molecular formula is C18H21BClN2O2. The van der Waals surface area contributed by atoms with Gasteiger partial charge in [-0.25, -0.2) is 4.98 Å². The molecule has 1 N–H and O–H groups in total. The second-order valence-electron chi connectivity index (χ2n) is 5.18. The summed E-state index contributed by atoms with van der Waals surface area (Å²) in [4.78, 5) is 4.59. The molecule has 4 nitrogen and oxygen atoms in total. The third-order valence-electron chi connectivity index (χ3n) is 3.82. The van der Waals surface area contributed by atoms with E-state index in [0.29, 0.717) is 17.1 Å². The van der Waals surface area contributed by atoms with Gasteiger partial charge in [-0.1, -0.05) is 31.2 Å². The minimum atomic E-state index is -0.0999. The van der Waals surface area contributed by atoms with E-state index in [-0.39, 0.29) is 22.4 Å². The SMILES string of the molecule is C.COc1ccc(Cn2ccc3c(Cl)c(CO)c(C)nc32)cc1.[B]. The topological polar surface area (TPSA) is 47.3 Å². The van der Waals surface area contributed by atoms with Crippen LogP contribution in [0.15, 0.2) is 36.5 Å². The van der Waals surface area contributed by atoms with E-state index in [1.807, 2.05) is 43.5 Å². The van der Waals surface area contributed by atoms with Crippen molar-refractivity contribution in [3.8, 4) is 5.75 Å². The molecule has 0 aliphatic carbocycles. The van der Waals surface area contributed by atoms with Crippen LogP contribution in [-0.4, -0.2) is 30.2 Å². The van der Waals surface area contributed by atoms with Crippen LogP contribution in [-0.2, 0) is 13.2 Å². The molecule has 0 bridgehead atoms. The van der Waals surface area contributed by atoms with E-state index in [0.717, 1.165) is 28.0 Å². The first kappa shape index (κ1) is 20.1. The van der Waals surface area contributed by atoms with Crippen molar-refractivity contribution in [2.75, 3.05) is 7.11 Å². The lowest BCUT2D eigenvalue weighted by molar-refractivity contribution is 0.281.